The Bertz CT molecular complexity index is 221. The molecule has 0 bridgehead atoms. The molecule has 0 atom stereocenters. The standard InChI is InChI=1S/C3H3N4S/c1-2-5-3(6-4)8-7-2/h1H3/q+1. The summed E-state index contributed by atoms with van der Waals surface area (Å²) in [6.45, 7) is 1.74. The van der Waals surface area contributed by atoms with Crippen molar-refractivity contribution >= 4 is 16.7 Å². The third-order valence-electron chi connectivity index (χ3n) is 0.602. The Balaban J connectivity index is 3.05. The zero-order valence-electron chi connectivity index (χ0n) is 4.20. The van der Waals surface area contributed by atoms with E-state index in [0.717, 1.165) is 11.5 Å². The molecule has 0 saturated heterocycles. The highest BCUT2D eigenvalue weighted by Gasteiger charge is 2.10. The van der Waals surface area contributed by atoms with E-state index < -0.39 is 0 Å². The number of nitrogens with zero attached hydrogens (tertiary/aromatic N) is 4. The Hall–Kier alpha value is -1.02. The zero-order valence-corrected chi connectivity index (χ0v) is 5.01. The van der Waals surface area contributed by atoms with Crippen molar-refractivity contribution < 1.29 is 0 Å². The number of aryl methyl sites for hydroxylation is 1. The Kier molecular flexibility index (Phi) is 1.18. The van der Waals surface area contributed by atoms with Crippen LogP contribution in [0.4, 0.5) is 5.13 Å². The molecule has 1 aromatic heterocycles. The lowest BCUT2D eigenvalue weighted by Gasteiger charge is -1.53. The van der Waals surface area contributed by atoms with Crippen molar-refractivity contribution in [2.75, 3.05) is 0 Å². The van der Waals surface area contributed by atoms with Gasteiger partial charge in [-0.1, -0.05) is 0 Å². The zero-order chi connectivity index (χ0) is 5.98. The minimum atomic E-state index is 0.308. The summed E-state index contributed by atoms with van der Waals surface area (Å²) in [7, 11) is 0. The van der Waals surface area contributed by atoms with Crippen molar-refractivity contribution in [3.8, 4) is 0 Å². The SMILES string of the molecule is Cc1nsc([N+]#N)n1. The van der Waals surface area contributed by atoms with Crippen molar-refractivity contribution in [2.45, 2.75) is 6.92 Å². The Morgan fingerprint density at radius 3 is 2.75 bits per heavy atom. The van der Waals surface area contributed by atoms with Gasteiger partial charge in [-0.3, -0.25) is 0 Å². The molecule has 0 aliphatic heterocycles. The molecular formula is C3H3N4S+. The molecule has 4 nitrogen and oxygen atoms in total. The molecule has 0 fully saturated rings. The Morgan fingerprint density at radius 1 is 1.75 bits per heavy atom. The van der Waals surface area contributed by atoms with Crippen LogP contribution in [-0.4, -0.2) is 9.36 Å². The molecule has 0 aliphatic carbocycles. The molecule has 5 heteroatoms. The van der Waals surface area contributed by atoms with Gasteiger partial charge >= 0.3 is 5.13 Å². The summed E-state index contributed by atoms with van der Waals surface area (Å²) in [5.41, 5.74) is 0. The molecule has 8 heavy (non-hydrogen) atoms. The van der Waals surface area contributed by atoms with Crippen molar-refractivity contribution in [3.05, 3.63) is 10.8 Å². The molecule has 0 unspecified atom stereocenters. The van der Waals surface area contributed by atoms with Gasteiger partial charge in [0.05, 0.1) is 16.9 Å². The number of diazo groups is 1. The fourth-order valence-corrected chi connectivity index (χ4v) is 0.791. The van der Waals surface area contributed by atoms with Crippen molar-refractivity contribution in [3.63, 3.8) is 0 Å². The molecule has 1 aromatic rings. The van der Waals surface area contributed by atoms with E-state index in [9.17, 15) is 0 Å². The van der Waals surface area contributed by atoms with Gasteiger partial charge < -0.3 is 0 Å². The first-order chi connectivity index (χ1) is 3.83. The topological polar surface area (TPSA) is 53.9 Å². The Labute approximate surface area is 50.0 Å². The third kappa shape index (κ3) is 0.792. The molecular weight excluding hydrogens is 124 g/mol. The molecule has 0 aromatic carbocycles. The number of hydrogen-bond donors (Lipinski definition) is 0. The first-order valence-corrected chi connectivity index (χ1v) is 2.75. The van der Waals surface area contributed by atoms with E-state index in [1.54, 1.807) is 6.92 Å². The van der Waals surface area contributed by atoms with Crippen molar-refractivity contribution in [1.82, 2.24) is 9.36 Å². The highest BCUT2D eigenvalue weighted by Crippen LogP contribution is 2.12. The molecule has 40 valence electrons. The quantitative estimate of drug-likeness (QED) is 0.494. The largest absolute Gasteiger partial charge is 0.542 e. The fourth-order valence-electron chi connectivity index (χ4n) is 0.327. The van der Waals surface area contributed by atoms with Gasteiger partial charge in [0.1, 0.15) is 0 Å². The lowest BCUT2D eigenvalue weighted by atomic mass is 10.8. The molecule has 0 amide bonds. The lowest BCUT2D eigenvalue weighted by molar-refractivity contribution is 1.17. The van der Waals surface area contributed by atoms with Crippen LogP contribution in [-0.2, 0) is 0 Å². The second-order valence-electron chi connectivity index (χ2n) is 1.22. The average molecular weight is 127 g/mol. The van der Waals surface area contributed by atoms with Crippen LogP contribution in [0.3, 0.4) is 0 Å². The van der Waals surface area contributed by atoms with Crippen LogP contribution in [0, 0.1) is 12.3 Å². The second kappa shape index (κ2) is 1.84. The van der Waals surface area contributed by atoms with Crippen molar-refractivity contribution in [2.24, 2.45) is 0 Å². The maximum Gasteiger partial charge on any atom is 0.542 e. The van der Waals surface area contributed by atoms with E-state index in [0.29, 0.717) is 11.0 Å². The van der Waals surface area contributed by atoms with E-state index in [2.05, 4.69) is 14.3 Å². The van der Waals surface area contributed by atoms with Crippen LogP contribution >= 0.6 is 11.5 Å². The molecule has 0 radical (unpaired) electrons. The van der Waals surface area contributed by atoms with E-state index in [1.165, 1.54) is 0 Å². The Morgan fingerprint density at radius 2 is 2.50 bits per heavy atom. The van der Waals surface area contributed by atoms with Gasteiger partial charge in [-0.05, 0) is 0 Å². The van der Waals surface area contributed by atoms with E-state index >= 15 is 0 Å². The highest BCUT2D eigenvalue weighted by atomic mass is 32.1. The number of rotatable bonds is 0. The summed E-state index contributed by atoms with van der Waals surface area (Å²) < 4.78 is 3.76. The maximum atomic E-state index is 8.08. The van der Waals surface area contributed by atoms with Gasteiger partial charge in [-0.15, -0.1) is 4.37 Å². The van der Waals surface area contributed by atoms with E-state index in [-0.39, 0.29) is 0 Å². The highest BCUT2D eigenvalue weighted by molar-refractivity contribution is 7.09. The third-order valence-corrected chi connectivity index (χ3v) is 1.29. The van der Waals surface area contributed by atoms with Gasteiger partial charge in [-0.25, -0.2) is 0 Å². The predicted molar refractivity (Wildman–Crippen MR) is 29.4 cm³/mol. The minimum absolute atomic E-state index is 0.308. The van der Waals surface area contributed by atoms with Crippen LogP contribution in [0.25, 0.3) is 4.98 Å². The van der Waals surface area contributed by atoms with Gasteiger partial charge in [-0.2, -0.15) is 0 Å². The summed E-state index contributed by atoms with van der Waals surface area (Å²) >= 11 is 1.07. The minimum Gasteiger partial charge on any atom is -0.143 e. The van der Waals surface area contributed by atoms with Crippen LogP contribution in [0.2, 0.25) is 0 Å². The molecule has 1 heterocycles. The number of hydrogen-bond acceptors (Lipinski definition) is 4. The predicted octanol–water partition coefficient (Wildman–Crippen LogP) is 1.33. The molecule has 0 N–H and O–H groups in total. The van der Waals surface area contributed by atoms with Crippen LogP contribution in [0.15, 0.2) is 0 Å². The molecule has 1 rings (SSSR count). The van der Waals surface area contributed by atoms with Crippen molar-refractivity contribution in [1.29, 1.82) is 5.39 Å². The fraction of sp³-hybridized carbons (Fsp3) is 0.333. The summed E-state index contributed by atoms with van der Waals surface area (Å²) in [6.07, 6.45) is 0. The molecule has 0 saturated carbocycles. The number of aromatic nitrogens is 2. The van der Waals surface area contributed by atoms with Gasteiger partial charge in [0, 0.05) is 16.9 Å². The smallest absolute Gasteiger partial charge is 0.143 e. The lowest BCUT2D eigenvalue weighted by Crippen LogP contribution is -1.67. The normalized spacial score (nSPS) is 8.50. The first-order valence-electron chi connectivity index (χ1n) is 1.98. The van der Waals surface area contributed by atoms with Gasteiger partial charge in [0.2, 0.25) is 0 Å². The second-order valence-corrected chi connectivity index (χ2v) is 1.95. The monoisotopic (exact) mass is 127 g/mol. The summed E-state index contributed by atoms with van der Waals surface area (Å²) in [4.78, 5) is 6.56. The van der Waals surface area contributed by atoms with Gasteiger partial charge in [0.25, 0.3) is 5.82 Å². The van der Waals surface area contributed by atoms with Gasteiger partial charge in [0.15, 0.2) is 0 Å². The van der Waals surface area contributed by atoms with E-state index in [4.69, 9.17) is 5.39 Å². The van der Waals surface area contributed by atoms with Crippen LogP contribution in [0.1, 0.15) is 5.82 Å². The summed E-state index contributed by atoms with van der Waals surface area (Å²) in [5.74, 6) is 0.641. The maximum absolute atomic E-state index is 8.08. The molecule has 0 aliphatic rings. The van der Waals surface area contributed by atoms with E-state index in [1.807, 2.05) is 0 Å². The molecule has 0 spiro atoms. The van der Waals surface area contributed by atoms with Crippen LogP contribution < -0.4 is 0 Å². The summed E-state index contributed by atoms with van der Waals surface area (Å²) in [6, 6.07) is 0. The first kappa shape index (κ1) is 5.12. The average Bonchev–Trinajstić information content (AvgIpc) is 2.14. The summed E-state index contributed by atoms with van der Waals surface area (Å²) in [5, 5.41) is 8.39. The van der Waals surface area contributed by atoms with Crippen LogP contribution in [0.5, 0.6) is 0 Å².